The van der Waals surface area contributed by atoms with Gasteiger partial charge in [0, 0.05) is 25.9 Å². The second kappa shape index (κ2) is 7.93. The van der Waals surface area contributed by atoms with Crippen LogP contribution in [0.1, 0.15) is 44.0 Å². The number of halogens is 1. The Morgan fingerprint density at radius 1 is 1.15 bits per heavy atom. The van der Waals surface area contributed by atoms with Crippen LogP contribution >= 0.6 is 0 Å². The molecule has 7 heteroatoms. The number of hydrogen-bond donors (Lipinski definition) is 0. The Bertz CT molecular complexity index is 630. The molecule has 1 heterocycles. The Labute approximate surface area is 153 Å². The SMILES string of the molecule is COC(=O)c1ccc(OCC2(F)CCN(C(=O)OC(C)(C)C)CC2)cc1. The van der Waals surface area contributed by atoms with Crippen LogP contribution in [-0.2, 0) is 9.47 Å². The molecule has 1 fully saturated rings. The number of hydrogen-bond acceptors (Lipinski definition) is 5. The zero-order chi connectivity index (χ0) is 19.4. The van der Waals surface area contributed by atoms with Crippen molar-refractivity contribution in [2.75, 3.05) is 26.8 Å². The highest BCUT2D eigenvalue weighted by atomic mass is 19.1. The minimum Gasteiger partial charge on any atom is -0.490 e. The Balaban J connectivity index is 1.84. The molecule has 0 saturated carbocycles. The van der Waals surface area contributed by atoms with Gasteiger partial charge in [0.05, 0.1) is 12.7 Å². The molecule has 0 spiro atoms. The first-order valence-corrected chi connectivity index (χ1v) is 8.60. The lowest BCUT2D eigenvalue weighted by atomic mass is 9.94. The lowest BCUT2D eigenvalue weighted by molar-refractivity contribution is -0.00917. The number of rotatable bonds is 4. The van der Waals surface area contributed by atoms with E-state index in [1.54, 1.807) is 45.0 Å². The van der Waals surface area contributed by atoms with Crippen molar-refractivity contribution in [1.82, 2.24) is 4.90 Å². The van der Waals surface area contributed by atoms with E-state index in [1.807, 2.05) is 0 Å². The first-order valence-electron chi connectivity index (χ1n) is 8.60. The number of alkyl halides is 1. The lowest BCUT2D eigenvalue weighted by Gasteiger charge is -2.36. The highest BCUT2D eigenvalue weighted by Gasteiger charge is 2.38. The van der Waals surface area contributed by atoms with E-state index in [4.69, 9.17) is 9.47 Å². The van der Waals surface area contributed by atoms with Crippen molar-refractivity contribution >= 4 is 12.1 Å². The van der Waals surface area contributed by atoms with Gasteiger partial charge in [-0.1, -0.05) is 0 Å². The van der Waals surface area contributed by atoms with Gasteiger partial charge in [-0.2, -0.15) is 0 Å². The van der Waals surface area contributed by atoms with Gasteiger partial charge in [0.25, 0.3) is 0 Å². The van der Waals surface area contributed by atoms with Gasteiger partial charge >= 0.3 is 12.1 Å². The van der Waals surface area contributed by atoms with Crippen LogP contribution in [-0.4, -0.2) is 55.0 Å². The average molecular weight is 367 g/mol. The van der Waals surface area contributed by atoms with Crippen molar-refractivity contribution in [2.24, 2.45) is 0 Å². The van der Waals surface area contributed by atoms with E-state index in [0.29, 0.717) is 11.3 Å². The molecular formula is C19H26FNO5. The maximum atomic E-state index is 14.9. The summed E-state index contributed by atoms with van der Waals surface area (Å²) in [5, 5.41) is 0. The molecule has 2 rings (SSSR count). The Kier molecular flexibility index (Phi) is 6.10. The smallest absolute Gasteiger partial charge is 0.410 e. The van der Waals surface area contributed by atoms with E-state index in [9.17, 15) is 14.0 Å². The van der Waals surface area contributed by atoms with Gasteiger partial charge < -0.3 is 19.1 Å². The van der Waals surface area contributed by atoms with E-state index in [1.165, 1.54) is 12.0 Å². The van der Waals surface area contributed by atoms with Crippen LogP contribution < -0.4 is 4.74 Å². The number of ether oxygens (including phenoxy) is 3. The fourth-order valence-corrected chi connectivity index (χ4v) is 2.58. The van der Waals surface area contributed by atoms with Crippen LogP contribution in [0, 0.1) is 0 Å². The summed E-state index contributed by atoms with van der Waals surface area (Å²) in [5.74, 6) is 0.0391. The summed E-state index contributed by atoms with van der Waals surface area (Å²) in [7, 11) is 1.31. The van der Waals surface area contributed by atoms with Crippen LogP contribution in [0.3, 0.4) is 0 Å². The fourth-order valence-electron chi connectivity index (χ4n) is 2.58. The molecule has 1 aromatic rings. The minimum absolute atomic E-state index is 0.104. The molecule has 144 valence electrons. The summed E-state index contributed by atoms with van der Waals surface area (Å²) in [6.45, 7) is 5.87. The lowest BCUT2D eigenvalue weighted by Crippen LogP contribution is -2.48. The summed E-state index contributed by atoms with van der Waals surface area (Å²) in [4.78, 5) is 24.9. The fraction of sp³-hybridized carbons (Fsp3) is 0.579. The normalized spacial score (nSPS) is 16.7. The molecule has 1 aromatic carbocycles. The van der Waals surface area contributed by atoms with Gasteiger partial charge in [0.15, 0.2) is 0 Å². The first-order chi connectivity index (χ1) is 12.1. The molecule has 0 atom stereocenters. The van der Waals surface area contributed by atoms with E-state index < -0.39 is 23.3 Å². The highest BCUT2D eigenvalue weighted by molar-refractivity contribution is 5.89. The molecule has 0 unspecified atom stereocenters. The van der Waals surface area contributed by atoms with Gasteiger partial charge in [0.1, 0.15) is 23.6 Å². The predicted molar refractivity (Wildman–Crippen MR) is 94.2 cm³/mol. The van der Waals surface area contributed by atoms with Gasteiger partial charge in [-0.25, -0.2) is 14.0 Å². The van der Waals surface area contributed by atoms with Crippen molar-refractivity contribution in [2.45, 2.75) is 44.9 Å². The molecule has 1 aliphatic rings. The average Bonchev–Trinajstić information content (AvgIpc) is 2.59. The second-order valence-corrected chi connectivity index (χ2v) is 7.42. The van der Waals surface area contributed by atoms with E-state index in [-0.39, 0.29) is 32.5 Å². The maximum Gasteiger partial charge on any atom is 0.410 e. The van der Waals surface area contributed by atoms with Gasteiger partial charge in [-0.05, 0) is 45.0 Å². The Morgan fingerprint density at radius 3 is 2.23 bits per heavy atom. The number of amides is 1. The van der Waals surface area contributed by atoms with Gasteiger partial charge in [-0.15, -0.1) is 0 Å². The van der Waals surface area contributed by atoms with Crippen LogP contribution in [0.15, 0.2) is 24.3 Å². The number of esters is 1. The predicted octanol–water partition coefficient (Wildman–Crippen LogP) is 3.59. The van der Waals surface area contributed by atoms with Crippen LogP contribution in [0.4, 0.5) is 9.18 Å². The van der Waals surface area contributed by atoms with E-state index >= 15 is 0 Å². The van der Waals surface area contributed by atoms with Crippen LogP contribution in [0.5, 0.6) is 5.75 Å². The van der Waals surface area contributed by atoms with Crippen LogP contribution in [0.25, 0.3) is 0 Å². The first kappa shape index (κ1) is 20.0. The molecule has 26 heavy (non-hydrogen) atoms. The van der Waals surface area contributed by atoms with Crippen molar-refractivity contribution < 1.29 is 28.2 Å². The standard InChI is InChI=1S/C19H26FNO5/c1-18(2,3)26-17(23)21-11-9-19(20,10-12-21)13-25-15-7-5-14(6-8-15)16(22)24-4/h5-8H,9-13H2,1-4H3. The molecule has 6 nitrogen and oxygen atoms in total. The third-order valence-corrected chi connectivity index (χ3v) is 4.08. The van der Waals surface area contributed by atoms with Crippen LogP contribution in [0.2, 0.25) is 0 Å². The van der Waals surface area contributed by atoms with E-state index in [2.05, 4.69) is 4.74 Å². The zero-order valence-electron chi connectivity index (χ0n) is 15.7. The number of nitrogens with zero attached hydrogens (tertiary/aromatic N) is 1. The maximum absolute atomic E-state index is 14.9. The van der Waals surface area contributed by atoms with Crippen molar-refractivity contribution in [3.05, 3.63) is 29.8 Å². The number of likely N-dealkylation sites (tertiary alicyclic amines) is 1. The number of methoxy groups -OCH3 is 1. The number of carbonyl (C=O) groups excluding carboxylic acids is 2. The summed E-state index contributed by atoms with van der Waals surface area (Å²) in [6, 6.07) is 6.34. The largest absolute Gasteiger partial charge is 0.490 e. The second-order valence-electron chi connectivity index (χ2n) is 7.42. The number of piperidine rings is 1. The summed E-state index contributed by atoms with van der Waals surface area (Å²) in [6.07, 6.45) is -0.0437. The molecule has 1 aliphatic heterocycles. The molecule has 0 aromatic heterocycles. The molecule has 1 amide bonds. The van der Waals surface area contributed by atoms with Crippen molar-refractivity contribution in [1.29, 1.82) is 0 Å². The minimum atomic E-state index is -1.50. The summed E-state index contributed by atoms with van der Waals surface area (Å²) in [5.41, 5.74) is -1.67. The quantitative estimate of drug-likeness (QED) is 0.761. The Hall–Kier alpha value is -2.31. The molecule has 0 aliphatic carbocycles. The third kappa shape index (κ3) is 5.61. The number of carbonyl (C=O) groups is 2. The number of benzene rings is 1. The highest BCUT2D eigenvalue weighted by Crippen LogP contribution is 2.28. The van der Waals surface area contributed by atoms with E-state index in [0.717, 1.165) is 0 Å². The third-order valence-electron chi connectivity index (χ3n) is 4.08. The molecular weight excluding hydrogens is 341 g/mol. The van der Waals surface area contributed by atoms with Gasteiger partial charge in [0.2, 0.25) is 0 Å². The molecule has 0 radical (unpaired) electrons. The molecule has 0 bridgehead atoms. The summed E-state index contributed by atoms with van der Waals surface area (Å²) < 4.78 is 30.4. The van der Waals surface area contributed by atoms with Crippen molar-refractivity contribution in [3.8, 4) is 5.75 Å². The Morgan fingerprint density at radius 2 is 1.73 bits per heavy atom. The van der Waals surface area contributed by atoms with Gasteiger partial charge in [-0.3, -0.25) is 0 Å². The monoisotopic (exact) mass is 367 g/mol. The molecule has 0 N–H and O–H groups in total. The zero-order valence-corrected chi connectivity index (χ0v) is 15.7. The topological polar surface area (TPSA) is 65.1 Å². The van der Waals surface area contributed by atoms with Crippen molar-refractivity contribution in [3.63, 3.8) is 0 Å². The summed E-state index contributed by atoms with van der Waals surface area (Å²) >= 11 is 0. The molecule has 1 saturated heterocycles.